The number of fused-ring (bicyclic) bond motifs is 1. The van der Waals surface area contributed by atoms with Crippen molar-refractivity contribution in [2.75, 3.05) is 12.4 Å². The molecular weight excluding hydrogens is 360 g/mol. The fraction of sp³-hybridized carbons (Fsp3) is 0.105. The van der Waals surface area contributed by atoms with Gasteiger partial charge >= 0.3 is 5.69 Å². The number of aromatic nitrogens is 5. The average molecular weight is 376 g/mol. The number of imidazole rings is 1. The van der Waals surface area contributed by atoms with Crippen LogP contribution in [0.25, 0.3) is 22.6 Å². The number of hydrogen-bond acceptors (Lipinski definition) is 6. The summed E-state index contributed by atoms with van der Waals surface area (Å²) >= 11 is 0. The molecule has 3 heterocycles. The van der Waals surface area contributed by atoms with Gasteiger partial charge in [-0.15, -0.1) is 0 Å². The van der Waals surface area contributed by atoms with Gasteiger partial charge in [0.1, 0.15) is 11.3 Å². The lowest BCUT2D eigenvalue weighted by molar-refractivity contribution is -0.105. The summed E-state index contributed by atoms with van der Waals surface area (Å²) in [6, 6.07) is 10.9. The van der Waals surface area contributed by atoms with Crippen LogP contribution in [0.4, 0.5) is 5.82 Å². The van der Waals surface area contributed by atoms with E-state index in [-0.39, 0.29) is 18.1 Å². The van der Waals surface area contributed by atoms with E-state index < -0.39 is 0 Å². The number of carbonyl (C=O) groups excluding carboxylic acids is 1. The fourth-order valence-corrected chi connectivity index (χ4v) is 2.97. The van der Waals surface area contributed by atoms with Crippen LogP contribution in [0.5, 0.6) is 5.75 Å². The fourth-order valence-electron chi connectivity index (χ4n) is 2.97. The molecule has 0 radical (unpaired) electrons. The number of rotatable bonds is 6. The maximum atomic E-state index is 12.6. The van der Waals surface area contributed by atoms with E-state index in [9.17, 15) is 9.59 Å². The van der Waals surface area contributed by atoms with E-state index in [2.05, 4.69) is 25.3 Å². The maximum Gasteiger partial charge on any atom is 0.328 e. The first-order valence-electron chi connectivity index (χ1n) is 8.44. The van der Waals surface area contributed by atoms with Crippen LogP contribution in [0.2, 0.25) is 0 Å². The minimum absolute atomic E-state index is 0.225. The number of ether oxygens (including phenoxy) is 1. The van der Waals surface area contributed by atoms with E-state index in [1.165, 1.54) is 4.57 Å². The highest BCUT2D eigenvalue weighted by Gasteiger charge is 2.17. The standard InChI is InChI=1S/C19H16N6O3/c1-28-14-5-3-2-4-13(14)10-25-18-15(22-19(25)27)17(21-11-26)23-16(24-18)12-6-8-20-9-7-12/h2-9,11H,10H2,1H3,(H,22,27)(H,21,23,24,26). The van der Waals surface area contributed by atoms with Gasteiger partial charge in [0.15, 0.2) is 17.3 Å². The van der Waals surface area contributed by atoms with Gasteiger partial charge < -0.3 is 15.0 Å². The Labute approximate surface area is 159 Å². The molecule has 0 aliphatic heterocycles. The normalized spacial score (nSPS) is 10.8. The molecule has 4 rings (SSSR count). The molecule has 3 aromatic heterocycles. The predicted octanol–water partition coefficient (Wildman–Crippen LogP) is 1.81. The van der Waals surface area contributed by atoms with E-state index >= 15 is 0 Å². The molecule has 4 aromatic rings. The van der Waals surface area contributed by atoms with E-state index in [0.717, 1.165) is 5.56 Å². The molecule has 0 atom stereocenters. The molecule has 9 nitrogen and oxygen atoms in total. The molecular formula is C19H16N6O3. The number of para-hydroxylation sites is 1. The summed E-state index contributed by atoms with van der Waals surface area (Å²) in [7, 11) is 1.58. The maximum absolute atomic E-state index is 12.6. The Morgan fingerprint density at radius 1 is 1.18 bits per heavy atom. The molecule has 9 heteroatoms. The predicted molar refractivity (Wildman–Crippen MR) is 103 cm³/mol. The van der Waals surface area contributed by atoms with Crippen LogP contribution < -0.4 is 15.7 Å². The van der Waals surface area contributed by atoms with E-state index in [1.54, 1.807) is 31.6 Å². The Morgan fingerprint density at radius 3 is 2.71 bits per heavy atom. The topological polar surface area (TPSA) is 115 Å². The number of H-pyrrole nitrogens is 1. The summed E-state index contributed by atoms with van der Waals surface area (Å²) in [5, 5.41) is 2.53. The second-order valence-electron chi connectivity index (χ2n) is 5.92. The molecule has 140 valence electrons. The summed E-state index contributed by atoms with van der Waals surface area (Å²) in [5.74, 6) is 1.26. The van der Waals surface area contributed by atoms with Crippen molar-refractivity contribution >= 4 is 23.4 Å². The first-order chi connectivity index (χ1) is 13.7. The summed E-state index contributed by atoms with van der Waals surface area (Å²) < 4.78 is 6.86. The number of anilines is 1. The Kier molecular flexibility index (Phi) is 4.55. The van der Waals surface area contributed by atoms with Crippen LogP contribution in [-0.2, 0) is 11.3 Å². The van der Waals surface area contributed by atoms with Crippen molar-refractivity contribution in [3.8, 4) is 17.1 Å². The second-order valence-corrected chi connectivity index (χ2v) is 5.92. The van der Waals surface area contributed by atoms with Gasteiger partial charge in [-0.2, -0.15) is 0 Å². The monoisotopic (exact) mass is 376 g/mol. The Hall–Kier alpha value is -4.01. The number of nitrogens with one attached hydrogen (secondary N) is 2. The van der Waals surface area contributed by atoms with E-state index in [0.29, 0.717) is 34.7 Å². The van der Waals surface area contributed by atoms with Gasteiger partial charge in [-0.3, -0.25) is 14.3 Å². The van der Waals surface area contributed by atoms with Gasteiger partial charge in [0, 0.05) is 23.5 Å². The number of hydrogen-bond donors (Lipinski definition) is 2. The number of carbonyl (C=O) groups is 1. The molecule has 0 bridgehead atoms. The quantitative estimate of drug-likeness (QED) is 0.496. The SMILES string of the molecule is COc1ccccc1Cn1c(=O)[nH]c2c(NC=O)nc(-c3ccncc3)nc21. The third-order valence-corrected chi connectivity index (χ3v) is 4.28. The van der Waals surface area contributed by atoms with Gasteiger partial charge in [0.25, 0.3) is 0 Å². The van der Waals surface area contributed by atoms with Crippen LogP contribution >= 0.6 is 0 Å². The lowest BCUT2D eigenvalue weighted by Gasteiger charge is -2.10. The van der Waals surface area contributed by atoms with Crippen molar-refractivity contribution in [2.24, 2.45) is 0 Å². The third kappa shape index (κ3) is 3.09. The first-order valence-corrected chi connectivity index (χ1v) is 8.44. The van der Waals surface area contributed by atoms with Gasteiger partial charge in [-0.1, -0.05) is 18.2 Å². The van der Waals surface area contributed by atoms with Crippen LogP contribution in [0.3, 0.4) is 0 Å². The zero-order valence-corrected chi connectivity index (χ0v) is 14.9. The zero-order chi connectivity index (χ0) is 19.5. The number of pyridine rings is 1. The minimum Gasteiger partial charge on any atom is -0.496 e. The molecule has 0 fully saturated rings. The summed E-state index contributed by atoms with van der Waals surface area (Å²) in [5.41, 5.74) is 1.90. The smallest absolute Gasteiger partial charge is 0.328 e. The van der Waals surface area contributed by atoms with Gasteiger partial charge in [-0.05, 0) is 18.2 Å². The molecule has 0 aliphatic carbocycles. The lowest BCUT2D eigenvalue weighted by atomic mass is 10.2. The Bertz CT molecular complexity index is 1200. The Balaban J connectivity index is 1.92. The molecule has 0 spiro atoms. The molecule has 1 amide bonds. The average Bonchev–Trinajstić information content (AvgIpc) is 3.05. The Morgan fingerprint density at radius 2 is 1.96 bits per heavy atom. The van der Waals surface area contributed by atoms with Crippen molar-refractivity contribution < 1.29 is 9.53 Å². The molecule has 1 aromatic carbocycles. The van der Waals surface area contributed by atoms with Crippen LogP contribution in [-0.4, -0.2) is 38.0 Å². The van der Waals surface area contributed by atoms with E-state index in [1.807, 2.05) is 24.3 Å². The molecule has 28 heavy (non-hydrogen) atoms. The number of methoxy groups -OCH3 is 1. The molecule has 2 N–H and O–H groups in total. The summed E-state index contributed by atoms with van der Waals surface area (Å²) in [6.07, 6.45) is 3.75. The summed E-state index contributed by atoms with van der Waals surface area (Å²) in [6.45, 7) is 0.246. The highest BCUT2D eigenvalue weighted by Crippen LogP contribution is 2.24. The third-order valence-electron chi connectivity index (χ3n) is 4.28. The van der Waals surface area contributed by atoms with Crippen molar-refractivity contribution in [3.63, 3.8) is 0 Å². The van der Waals surface area contributed by atoms with Crippen LogP contribution in [0, 0.1) is 0 Å². The number of aromatic amines is 1. The van der Waals surface area contributed by atoms with Crippen molar-refractivity contribution in [2.45, 2.75) is 6.54 Å². The number of amides is 1. The van der Waals surface area contributed by atoms with Crippen molar-refractivity contribution in [3.05, 3.63) is 64.8 Å². The molecule has 0 aliphatic rings. The zero-order valence-electron chi connectivity index (χ0n) is 14.9. The van der Waals surface area contributed by atoms with Crippen LogP contribution in [0.15, 0.2) is 53.6 Å². The van der Waals surface area contributed by atoms with Gasteiger partial charge in [0.2, 0.25) is 6.41 Å². The lowest BCUT2D eigenvalue weighted by Crippen LogP contribution is -2.18. The first kappa shape index (κ1) is 17.4. The van der Waals surface area contributed by atoms with Crippen LogP contribution in [0.1, 0.15) is 5.56 Å². The van der Waals surface area contributed by atoms with Crippen molar-refractivity contribution in [1.82, 2.24) is 24.5 Å². The van der Waals surface area contributed by atoms with E-state index in [4.69, 9.17) is 4.74 Å². The number of benzene rings is 1. The highest BCUT2D eigenvalue weighted by molar-refractivity contribution is 5.90. The van der Waals surface area contributed by atoms with Crippen molar-refractivity contribution in [1.29, 1.82) is 0 Å². The minimum atomic E-state index is -0.365. The highest BCUT2D eigenvalue weighted by atomic mass is 16.5. The largest absolute Gasteiger partial charge is 0.496 e. The summed E-state index contributed by atoms with van der Waals surface area (Å²) in [4.78, 5) is 39.3. The van der Waals surface area contributed by atoms with Gasteiger partial charge in [0.05, 0.1) is 13.7 Å². The number of nitrogens with zero attached hydrogens (tertiary/aromatic N) is 4. The molecule has 0 saturated carbocycles. The second kappa shape index (κ2) is 7.31. The molecule has 0 saturated heterocycles. The molecule has 0 unspecified atom stereocenters. The van der Waals surface area contributed by atoms with Gasteiger partial charge in [-0.25, -0.2) is 14.8 Å².